The number of aromatic nitrogens is 1. The number of nitrogens with zero attached hydrogens (tertiary/aromatic N) is 1. The summed E-state index contributed by atoms with van der Waals surface area (Å²) in [5, 5.41) is 6.11. The number of hydrogen-bond acceptors (Lipinski definition) is 3. The molecule has 0 spiro atoms. The molecule has 21 heavy (non-hydrogen) atoms. The van der Waals surface area contributed by atoms with Gasteiger partial charge in [-0.2, -0.15) is 0 Å². The number of anilines is 2. The molecule has 4 nitrogen and oxygen atoms in total. The highest BCUT2D eigenvalue weighted by Crippen LogP contribution is 2.17. The van der Waals surface area contributed by atoms with Gasteiger partial charge in [0.2, 0.25) is 0 Å². The van der Waals surface area contributed by atoms with Crippen LogP contribution in [0.2, 0.25) is 0 Å². The van der Waals surface area contributed by atoms with Gasteiger partial charge in [0.15, 0.2) is 0 Å². The highest BCUT2D eigenvalue weighted by molar-refractivity contribution is 6.04. The standard InChI is InChI=1S/C17H21N3O/c1-4-9-18-16-8-7-14(11-19-16)17(21)20-15-10-12(2)5-6-13(15)3/h5-8,10-11H,4,9H2,1-3H3,(H,18,19)(H,20,21). The summed E-state index contributed by atoms with van der Waals surface area (Å²) >= 11 is 0. The summed E-state index contributed by atoms with van der Waals surface area (Å²) in [5.74, 6) is 0.651. The maximum Gasteiger partial charge on any atom is 0.257 e. The summed E-state index contributed by atoms with van der Waals surface area (Å²) in [4.78, 5) is 16.5. The smallest absolute Gasteiger partial charge is 0.257 e. The van der Waals surface area contributed by atoms with Crippen molar-refractivity contribution in [1.82, 2.24) is 4.98 Å². The summed E-state index contributed by atoms with van der Waals surface area (Å²) in [5.41, 5.74) is 3.56. The van der Waals surface area contributed by atoms with Gasteiger partial charge in [0.25, 0.3) is 5.91 Å². The second-order valence-electron chi connectivity index (χ2n) is 5.13. The van der Waals surface area contributed by atoms with Crippen molar-refractivity contribution < 1.29 is 4.79 Å². The van der Waals surface area contributed by atoms with Crippen LogP contribution >= 0.6 is 0 Å². The Morgan fingerprint density at radius 2 is 2.00 bits per heavy atom. The third-order valence-electron chi connectivity index (χ3n) is 3.22. The number of pyridine rings is 1. The number of carbonyl (C=O) groups is 1. The zero-order valence-corrected chi connectivity index (χ0v) is 12.7. The van der Waals surface area contributed by atoms with Crippen molar-refractivity contribution in [2.75, 3.05) is 17.2 Å². The molecule has 2 N–H and O–H groups in total. The molecule has 1 amide bonds. The molecule has 0 saturated heterocycles. The lowest BCUT2D eigenvalue weighted by Crippen LogP contribution is -2.13. The van der Waals surface area contributed by atoms with Crippen LogP contribution in [0.25, 0.3) is 0 Å². The van der Waals surface area contributed by atoms with Gasteiger partial charge in [0.1, 0.15) is 5.82 Å². The van der Waals surface area contributed by atoms with E-state index in [1.807, 2.05) is 38.1 Å². The topological polar surface area (TPSA) is 54.0 Å². The zero-order valence-electron chi connectivity index (χ0n) is 12.7. The molecule has 2 aromatic rings. The van der Waals surface area contributed by atoms with Crippen molar-refractivity contribution >= 4 is 17.4 Å². The second kappa shape index (κ2) is 6.88. The van der Waals surface area contributed by atoms with E-state index in [-0.39, 0.29) is 5.91 Å². The average molecular weight is 283 g/mol. The van der Waals surface area contributed by atoms with E-state index in [4.69, 9.17) is 0 Å². The number of carbonyl (C=O) groups excluding carboxylic acids is 1. The molecular formula is C17H21N3O. The predicted molar refractivity (Wildman–Crippen MR) is 86.9 cm³/mol. The van der Waals surface area contributed by atoms with Crippen LogP contribution in [0.3, 0.4) is 0 Å². The molecule has 2 rings (SSSR count). The summed E-state index contributed by atoms with van der Waals surface area (Å²) < 4.78 is 0. The van der Waals surface area contributed by atoms with Gasteiger partial charge >= 0.3 is 0 Å². The number of benzene rings is 1. The fraction of sp³-hybridized carbons (Fsp3) is 0.294. The van der Waals surface area contributed by atoms with Gasteiger partial charge in [-0.05, 0) is 49.6 Å². The van der Waals surface area contributed by atoms with Gasteiger partial charge in [-0.15, -0.1) is 0 Å². The van der Waals surface area contributed by atoms with E-state index in [9.17, 15) is 4.79 Å². The summed E-state index contributed by atoms with van der Waals surface area (Å²) in [6.45, 7) is 6.95. The highest BCUT2D eigenvalue weighted by Gasteiger charge is 2.08. The predicted octanol–water partition coefficient (Wildman–Crippen LogP) is 3.77. The molecule has 0 atom stereocenters. The van der Waals surface area contributed by atoms with Crippen molar-refractivity contribution in [1.29, 1.82) is 0 Å². The molecule has 0 unspecified atom stereocenters. The van der Waals surface area contributed by atoms with Crippen LogP contribution in [0.4, 0.5) is 11.5 Å². The number of nitrogens with one attached hydrogen (secondary N) is 2. The molecule has 110 valence electrons. The molecule has 0 aliphatic heterocycles. The minimum absolute atomic E-state index is 0.141. The lowest BCUT2D eigenvalue weighted by Gasteiger charge is -2.10. The van der Waals surface area contributed by atoms with Gasteiger partial charge in [-0.3, -0.25) is 4.79 Å². The Kier molecular flexibility index (Phi) is 4.93. The first kappa shape index (κ1) is 15.0. The van der Waals surface area contributed by atoms with Crippen molar-refractivity contribution in [2.45, 2.75) is 27.2 Å². The molecular weight excluding hydrogens is 262 g/mol. The van der Waals surface area contributed by atoms with E-state index in [1.54, 1.807) is 12.3 Å². The molecule has 1 aromatic carbocycles. The second-order valence-corrected chi connectivity index (χ2v) is 5.13. The normalized spacial score (nSPS) is 10.2. The Bertz CT molecular complexity index is 620. The first-order valence-corrected chi connectivity index (χ1v) is 7.18. The molecule has 0 radical (unpaired) electrons. The van der Waals surface area contributed by atoms with Crippen LogP contribution < -0.4 is 10.6 Å². The molecule has 0 fully saturated rings. The lowest BCUT2D eigenvalue weighted by atomic mass is 10.1. The Labute approximate surface area is 125 Å². The molecule has 0 aliphatic rings. The van der Waals surface area contributed by atoms with Gasteiger partial charge in [0.05, 0.1) is 5.56 Å². The first-order valence-electron chi connectivity index (χ1n) is 7.18. The van der Waals surface area contributed by atoms with Crippen LogP contribution in [0, 0.1) is 13.8 Å². The Morgan fingerprint density at radius 1 is 1.19 bits per heavy atom. The average Bonchev–Trinajstić information content (AvgIpc) is 2.49. The molecule has 1 aromatic heterocycles. The van der Waals surface area contributed by atoms with Crippen LogP contribution in [-0.4, -0.2) is 17.4 Å². The third kappa shape index (κ3) is 4.05. The van der Waals surface area contributed by atoms with E-state index in [0.29, 0.717) is 5.56 Å². The van der Waals surface area contributed by atoms with E-state index in [2.05, 4.69) is 22.5 Å². The summed E-state index contributed by atoms with van der Waals surface area (Å²) in [7, 11) is 0. The lowest BCUT2D eigenvalue weighted by molar-refractivity contribution is 0.102. The number of aryl methyl sites for hydroxylation is 2. The van der Waals surface area contributed by atoms with E-state index < -0.39 is 0 Å². The van der Waals surface area contributed by atoms with E-state index >= 15 is 0 Å². The van der Waals surface area contributed by atoms with Crippen LogP contribution in [0.5, 0.6) is 0 Å². The number of amides is 1. The molecule has 4 heteroatoms. The maximum atomic E-state index is 12.2. The van der Waals surface area contributed by atoms with Crippen LogP contribution in [0.15, 0.2) is 36.5 Å². The summed E-state index contributed by atoms with van der Waals surface area (Å²) in [6.07, 6.45) is 2.63. The van der Waals surface area contributed by atoms with Crippen molar-refractivity contribution in [3.05, 3.63) is 53.2 Å². The van der Waals surface area contributed by atoms with E-state index in [0.717, 1.165) is 35.6 Å². The summed E-state index contributed by atoms with van der Waals surface area (Å²) in [6, 6.07) is 9.61. The monoisotopic (exact) mass is 283 g/mol. The Morgan fingerprint density at radius 3 is 2.67 bits per heavy atom. The van der Waals surface area contributed by atoms with Crippen molar-refractivity contribution in [2.24, 2.45) is 0 Å². The van der Waals surface area contributed by atoms with Crippen molar-refractivity contribution in [3.63, 3.8) is 0 Å². The maximum absolute atomic E-state index is 12.2. The largest absolute Gasteiger partial charge is 0.370 e. The number of hydrogen-bond donors (Lipinski definition) is 2. The highest BCUT2D eigenvalue weighted by atomic mass is 16.1. The minimum Gasteiger partial charge on any atom is -0.370 e. The fourth-order valence-electron chi connectivity index (χ4n) is 1.95. The van der Waals surface area contributed by atoms with Gasteiger partial charge in [0, 0.05) is 18.4 Å². The Balaban J connectivity index is 2.07. The van der Waals surface area contributed by atoms with Crippen molar-refractivity contribution in [3.8, 4) is 0 Å². The molecule has 0 saturated carbocycles. The third-order valence-corrected chi connectivity index (χ3v) is 3.22. The van der Waals surface area contributed by atoms with E-state index in [1.165, 1.54) is 0 Å². The SMILES string of the molecule is CCCNc1ccc(C(=O)Nc2cc(C)ccc2C)cn1. The molecule has 0 bridgehead atoms. The molecule has 1 heterocycles. The first-order chi connectivity index (χ1) is 10.1. The minimum atomic E-state index is -0.141. The quantitative estimate of drug-likeness (QED) is 0.878. The van der Waals surface area contributed by atoms with Crippen LogP contribution in [-0.2, 0) is 0 Å². The number of rotatable bonds is 5. The molecule has 0 aliphatic carbocycles. The Hall–Kier alpha value is -2.36. The van der Waals surface area contributed by atoms with Gasteiger partial charge in [-0.1, -0.05) is 19.1 Å². The van der Waals surface area contributed by atoms with Gasteiger partial charge in [-0.25, -0.2) is 4.98 Å². The van der Waals surface area contributed by atoms with Crippen LogP contribution in [0.1, 0.15) is 34.8 Å². The van der Waals surface area contributed by atoms with Gasteiger partial charge < -0.3 is 10.6 Å². The fourth-order valence-corrected chi connectivity index (χ4v) is 1.95. The zero-order chi connectivity index (χ0) is 15.2.